The van der Waals surface area contributed by atoms with Crippen molar-refractivity contribution in [2.45, 2.75) is 0 Å². The van der Waals surface area contributed by atoms with Gasteiger partial charge >= 0.3 is 0 Å². The van der Waals surface area contributed by atoms with E-state index in [1.165, 1.54) is 0 Å². The molecule has 1 aromatic heterocycles. The lowest BCUT2D eigenvalue weighted by atomic mass is 10.6. The Morgan fingerprint density at radius 3 is 2.50 bits per heavy atom. The molecule has 0 saturated heterocycles. The molecule has 0 atom stereocenters. The van der Waals surface area contributed by atoms with Gasteiger partial charge in [-0.2, -0.15) is 0 Å². The zero-order valence-corrected chi connectivity index (χ0v) is 7.65. The van der Waals surface area contributed by atoms with E-state index in [0.717, 1.165) is 0 Å². The predicted octanol–water partition coefficient (Wildman–Crippen LogP) is 1.35. The number of aromatic nitrogens is 2. The van der Waals surface area contributed by atoms with Crippen molar-refractivity contribution in [2.75, 3.05) is 14.1 Å². The van der Waals surface area contributed by atoms with Gasteiger partial charge in [0, 0.05) is 14.1 Å². The first kappa shape index (κ1) is 8.93. The Balaban J connectivity index is 2.71. The molecule has 0 spiro atoms. The van der Waals surface area contributed by atoms with E-state index in [1.54, 1.807) is 18.7 Å². The van der Waals surface area contributed by atoms with Gasteiger partial charge < -0.3 is 4.90 Å². The zero-order valence-electron chi connectivity index (χ0n) is 6.90. The fraction of sp³-hybridized carbons (Fsp3) is 0.286. The third-order valence-electron chi connectivity index (χ3n) is 1.04. The lowest BCUT2D eigenvalue weighted by Gasteiger charge is -2.01. The summed E-state index contributed by atoms with van der Waals surface area (Å²) in [6.45, 7) is 0. The maximum absolute atomic E-state index is 5.49. The van der Waals surface area contributed by atoms with Gasteiger partial charge in [0.1, 0.15) is 5.69 Å². The normalized spacial score (nSPS) is 10.6. The second kappa shape index (κ2) is 4.01. The molecule has 4 nitrogen and oxygen atoms in total. The molecule has 1 heterocycles. The van der Waals surface area contributed by atoms with Crippen LogP contribution in [0, 0.1) is 0 Å². The van der Waals surface area contributed by atoms with E-state index in [0.29, 0.717) is 5.69 Å². The highest BCUT2D eigenvalue weighted by Crippen LogP contribution is 2.08. The van der Waals surface area contributed by atoms with Crippen LogP contribution >= 0.6 is 11.6 Å². The van der Waals surface area contributed by atoms with Crippen LogP contribution in [0.15, 0.2) is 17.4 Å². The third-order valence-corrected chi connectivity index (χ3v) is 1.24. The molecule has 0 fully saturated rings. The van der Waals surface area contributed by atoms with Crippen LogP contribution in [0.1, 0.15) is 0 Å². The molecule has 1 aromatic rings. The Labute approximate surface area is 75.9 Å². The van der Waals surface area contributed by atoms with E-state index in [1.807, 2.05) is 19.0 Å². The monoisotopic (exact) mass is 184 g/mol. The Bertz CT molecular complexity index is 267. The van der Waals surface area contributed by atoms with Crippen LogP contribution in [0.25, 0.3) is 0 Å². The maximum atomic E-state index is 5.49. The molecule has 0 aliphatic rings. The summed E-state index contributed by atoms with van der Waals surface area (Å²) in [5, 5.41) is 0.235. The summed E-state index contributed by atoms with van der Waals surface area (Å²) in [5.41, 5.74) is 0.688. The molecule has 5 heteroatoms. The number of hydrogen-bond acceptors (Lipinski definition) is 3. The van der Waals surface area contributed by atoms with E-state index >= 15 is 0 Å². The largest absolute Gasteiger partial charge is 0.369 e. The van der Waals surface area contributed by atoms with Gasteiger partial charge in [0.2, 0.25) is 5.28 Å². The van der Waals surface area contributed by atoms with E-state index in [2.05, 4.69) is 15.0 Å². The average Bonchev–Trinajstić information content (AvgIpc) is 2.03. The van der Waals surface area contributed by atoms with Crippen LogP contribution in [0.2, 0.25) is 5.28 Å². The Morgan fingerprint density at radius 2 is 2.00 bits per heavy atom. The van der Waals surface area contributed by atoms with Gasteiger partial charge in [0.15, 0.2) is 0 Å². The smallest absolute Gasteiger partial charge is 0.222 e. The lowest BCUT2D eigenvalue weighted by molar-refractivity contribution is 0.643. The van der Waals surface area contributed by atoms with Gasteiger partial charge in [-0.1, -0.05) is 0 Å². The first-order chi connectivity index (χ1) is 5.68. The molecule has 0 bridgehead atoms. The number of halogens is 1. The molecule has 1 rings (SSSR count). The molecule has 0 radical (unpaired) electrons. The summed E-state index contributed by atoms with van der Waals surface area (Å²) in [6.07, 6.45) is 4.80. The van der Waals surface area contributed by atoms with Crippen molar-refractivity contribution in [3.63, 3.8) is 0 Å². The maximum Gasteiger partial charge on any atom is 0.222 e. The van der Waals surface area contributed by atoms with Gasteiger partial charge in [-0.05, 0) is 11.6 Å². The number of hydrogen-bond donors (Lipinski definition) is 0. The van der Waals surface area contributed by atoms with Crippen molar-refractivity contribution < 1.29 is 0 Å². The molecule has 0 unspecified atom stereocenters. The zero-order chi connectivity index (χ0) is 8.97. The summed E-state index contributed by atoms with van der Waals surface area (Å²) in [5.74, 6) is 0. The molecular weight excluding hydrogens is 176 g/mol. The number of rotatable bonds is 2. The van der Waals surface area contributed by atoms with Crippen molar-refractivity contribution in [1.29, 1.82) is 0 Å². The van der Waals surface area contributed by atoms with Gasteiger partial charge in [-0.3, -0.25) is 0 Å². The fourth-order valence-electron chi connectivity index (χ4n) is 0.554. The van der Waals surface area contributed by atoms with Gasteiger partial charge in [0.05, 0.1) is 18.7 Å². The van der Waals surface area contributed by atoms with Crippen molar-refractivity contribution in [3.8, 4) is 0 Å². The summed E-state index contributed by atoms with van der Waals surface area (Å²) < 4.78 is 0. The molecule has 0 aromatic carbocycles. The highest BCUT2D eigenvalue weighted by molar-refractivity contribution is 6.28. The SMILES string of the molecule is CN(C)C=Nc1cnc(Cl)nc1. The minimum Gasteiger partial charge on any atom is -0.369 e. The highest BCUT2D eigenvalue weighted by Gasteiger charge is 1.90. The Hall–Kier alpha value is -1.16. The van der Waals surface area contributed by atoms with Crippen LogP contribution in [-0.4, -0.2) is 35.3 Å². The third kappa shape index (κ3) is 2.84. The van der Waals surface area contributed by atoms with Crippen LogP contribution in [0.4, 0.5) is 5.69 Å². The van der Waals surface area contributed by atoms with Gasteiger partial charge in [-0.15, -0.1) is 0 Å². The van der Waals surface area contributed by atoms with E-state index in [9.17, 15) is 0 Å². The van der Waals surface area contributed by atoms with Crippen molar-refractivity contribution >= 4 is 23.6 Å². The van der Waals surface area contributed by atoms with Crippen LogP contribution in [0.3, 0.4) is 0 Å². The lowest BCUT2D eigenvalue weighted by Crippen LogP contribution is -2.06. The van der Waals surface area contributed by atoms with Crippen molar-refractivity contribution in [3.05, 3.63) is 17.7 Å². The number of nitrogens with zero attached hydrogens (tertiary/aromatic N) is 4. The summed E-state index contributed by atoms with van der Waals surface area (Å²) in [4.78, 5) is 13.5. The highest BCUT2D eigenvalue weighted by atomic mass is 35.5. The van der Waals surface area contributed by atoms with E-state index in [-0.39, 0.29) is 5.28 Å². The minimum atomic E-state index is 0.235. The topological polar surface area (TPSA) is 41.4 Å². The Morgan fingerprint density at radius 1 is 1.42 bits per heavy atom. The predicted molar refractivity (Wildman–Crippen MR) is 48.9 cm³/mol. The second-order valence-electron chi connectivity index (χ2n) is 2.42. The molecule has 64 valence electrons. The molecule has 0 amide bonds. The second-order valence-corrected chi connectivity index (χ2v) is 2.76. The summed E-state index contributed by atoms with van der Waals surface area (Å²) in [6, 6.07) is 0. The average molecular weight is 185 g/mol. The van der Waals surface area contributed by atoms with Gasteiger partial charge in [0.25, 0.3) is 0 Å². The van der Waals surface area contributed by atoms with Crippen LogP contribution in [0.5, 0.6) is 0 Å². The first-order valence-corrected chi connectivity index (χ1v) is 3.74. The molecule has 0 saturated carbocycles. The first-order valence-electron chi connectivity index (χ1n) is 3.36. The Kier molecular flexibility index (Phi) is 2.99. The van der Waals surface area contributed by atoms with Crippen LogP contribution in [-0.2, 0) is 0 Å². The molecule has 0 N–H and O–H groups in total. The van der Waals surface area contributed by atoms with Crippen molar-refractivity contribution in [1.82, 2.24) is 14.9 Å². The quantitative estimate of drug-likeness (QED) is 0.396. The summed E-state index contributed by atoms with van der Waals surface area (Å²) >= 11 is 5.49. The van der Waals surface area contributed by atoms with E-state index < -0.39 is 0 Å². The van der Waals surface area contributed by atoms with Crippen molar-refractivity contribution in [2.24, 2.45) is 4.99 Å². The number of aliphatic imine (C=N–C) groups is 1. The standard InChI is InChI=1S/C7H9ClN4/c1-12(2)5-11-6-3-9-7(8)10-4-6/h3-5H,1-2H3. The minimum absolute atomic E-state index is 0.235. The molecule has 0 aliphatic heterocycles. The fourth-order valence-corrected chi connectivity index (χ4v) is 0.652. The van der Waals surface area contributed by atoms with Crippen LogP contribution < -0.4 is 0 Å². The van der Waals surface area contributed by atoms with E-state index in [4.69, 9.17) is 11.6 Å². The van der Waals surface area contributed by atoms with Gasteiger partial charge in [-0.25, -0.2) is 15.0 Å². The molecular formula is C7H9ClN4. The summed E-state index contributed by atoms with van der Waals surface area (Å²) in [7, 11) is 3.78. The molecule has 0 aliphatic carbocycles. The molecule has 12 heavy (non-hydrogen) atoms.